The molecule has 23 heavy (non-hydrogen) atoms. The summed E-state index contributed by atoms with van der Waals surface area (Å²) in [6.45, 7) is 4.85. The van der Waals surface area contributed by atoms with Crippen molar-refractivity contribution in [2.75, 3.05) is 20.3 Å². The second-order valence-corrected chi connectivity index (χ2v) is 5.87. The maximum Gasteiger partial charge on any atom is 0.410 e. The minimum Gasteiger partial charge on any atom is -0.496 e. The van der Waals surface area contributed by atoms with E-state index in [9.17, 15) is 4.79 Å². The number of nitrogens with zero attached hydrogens (tertiary/aromatic N) is 1. The van der Waals surface area contributed by atoms with E-state index in [2.05, 4.69) is 0 Å². The third-order valence-electron chi connectivity index (χ3n) is 4.01. The summed E-state index contributed by atoms with van der Waals surface area (Å²) in [5, 5.41) is 1.98. The number of ether oxygens (including phenoxy) is 3. The van der Waals surface area contributed by atoms with Gasteiger partial charge in [0.25, 0.3) is 0 Å². The fourth-order valence-electron chi connectivity index (χ4n) is 2.78. The molecule has 0 N–H and O–H groups in total. The van der Waals surface area contributed by atoms with Gasteiger partial charge in [0.2, 0.25) is 0 Å². The number of amides is 1. The minimum absolute atomic E-state index is 0.134. The molecule has 3 rings (SSSR count). The lowest BCUT2D eigenvalue weighted by Crippen LogP contribution is -2.32. The average molecular weight is 315 g/mol. The summed E-state index contributed by atoms with van der Waals surface area (Å²) in [5.74, 6) is 1.58. The molecule has 1 unspecified atom stereocenters. The molecule has 2 aromatic carbocycles. The van der Waals surface area contributed by atoms with Crippen molar-refractivity contribution in [2.24, 2.45) is 0 Å². The number of rotatable bonds is 5. The van der Waals surface area contributed by atoms with Crippen LogP contribution < -0.4 is 9.47 Å². The van der Waals surface area contributed by atoms with E-state index in [4.69, 9.17) is 14.2 Å². The SMILES string of the molecule is COc1ccc(OCC2CN(C(C)C)C(=O)O2)c2ccccc12. The first-order valence-corrected chi connectivity index (χ1v) is 7.76. The summed E-state index contributed by atoms with van der Waals surface area (Å²) in [4.78, 5) is 13.5. The standard InChI is InChI=1S/C18H21NO4/c1-12(2)19-10-13(23-18(19)20)11-22-17-9-8-16(21-3)14-6-4-5-7-15(14)17/h4-9,12-13H,10-11H2,1-3H3. The van der Waals surface area contributed by atoms with Crippen LogP contribution in [0.2, 0.25) is 0 Å². The van der Waals surface area contributed by atoms with Crippen molar-refractivity contribution < 1.29 is 19.0 Å². The Kier molecular flexibility index (Phi) is 4.28. The molecule has 0 bridgehead atoms. The summed E-state index contributed by atoms with van der Waals surface area (Å²) in [6.07, 6.45) is -0.515. The number of cyclic esters (lactones) is 1. The summed E-state index contributed by atoms with van der Waals surface area (Å²) in [6, 6.07) is 11.8. The van der Waals surface area contributed by atoms with Gasteiger partial charge < -0.3 is 19.1 Å². The lowest BCUT2D eigenvalue weighted by atomic mass is 10.1. The first kappa shape index (κ1) is 15.5. The van der Waals surface area contributed by atoms with Gasteiger partial charge in [-0.3, -0.25) is 0 Å². The average Bonchev–Trinajstić information content (AvgIpc) is 2.93. The van der Waals surface area contributed by atoms with Gasteiger partial charge in [-0.2, -0.15) is 0 Å². The van der Waals surface area contributed by atoms with E-state index in [1.807, 2.05) is 50.2 Å². The van der Waals surface area contributed by atoms with Crippen LogP contribution in [0.15, 0.2) is 36.4 Å². The van der Waals surface area contributed by atoms with E-state index < -0.39 is 0 Å². The quantitative estimate of drug-likeness (QED) is 0.848. The lowest BCUT2D eigenvalue weighted by Gasteiger charge is -2.17. The molecular weight excluding hydrogens is 294 g/mol. The van der Waals surface area contributed by atoms with Gasteiger partial charge in [-0.05, 0) is 26.0 Å². The van der Waals surface area contributed by atoms with E-state index >= 15 is 0 Å². The highest BCUT2D eigenvalue weighted by Crippen LogP contribution is 2.33. The lowest BCUT2D eigenvalue weighted by molar-refractivity contribution is 0.102. The number of hydrogen-bond donors (Lipinski definition) is 0. The summed E-state index contributed by atoms with van der Waals surface area (Å²) < 4.78 is 16.7. The first-order chi connectivity index (χ1) is 11.1. The Bertz CT molecular complexity index is 713. The number of hydrogen-bond acceptors (Lipinski definition) is 4. The number of carbonyl (C=O) groups excluding carboxylic acids is 1. The Labute approximate surface area is 135 Å². The predicted molar refractivity (Wildman–Crippen MR) is 88.1 cm³/mol. The summed E-state index contributed by atoms with van der Waals surface area (Å²) in [5.41, 5.74) is 0. The number of carbonyl (C=O) groups is 1. The monoisotopic (exact) mass is 315 g/mol. The Hall–Kier alpha value is -2.43. The molecule has 5 heteroatoms. The van der Waals surface area contributed by atoms with E-state index in [-0.39, 0.29) is 18.2 Å². The molecular formula is C18H21NO4. The van der Waals surface area contributed by atoms with Crippen molar-refractivity contribution in [3.05, 3.63) is 36.4 Å². The van der Waals surface area contributed by atoms with Crippen molar-refractivity contribution in [3.8, 4) is 11.5 Å². The smallest absolute Gasteiger partial charge is 0.410 e. The number of benzene rings is 2. The van der Waals surface area contributed by atoms with E-state index in [0.29, 0.717) is 13.2 Å². The van der Waals surface area contributed by atoms with Crippen molar-refractivity contribution in [1.29, 1.82) is 0 Å². The van der Waals surface area contributed by atoms with Crippen molar-refractivity contribution >= 4 is 16.9 Å². The molecule has 0 radical (unpaired) electrons. The topological polar surface area (TPSA) is 48.0 Å². The van der Waals surface area contributed by atoms with Crippen LogP contribution in [0.5, 0.6) is 11.5 Å². The summed E-state index contributed by atoms with van der Waals surface area (Å²) >= 11 is 0. The van der Waals surface area contributed by atoms with Gasteiger partial charge in [0.15, 0.2) is 6.10 Å². The van der Waals surface area contributed by atoms with E-state index in [1.165, 1.54) is 0 Å². The molecule has 1 aliphatic rings. The van der Waals surface area contributed by atoms with Crippen LogP contribution in [-0.2, 0) is 4.74 Å². The molecule has 0 aliphatic carbocycles. The van der Waals surface area contributed by atoms with Gasteiger partial charge in [-0.15, -0.1) is 0 Å². The molecule has 2 aromatic rings. The van der Waals surface area contributed by atoms with Crippen molar-refractivity contribution in [2.45, 2.75) is 26.0 Å². The van der Waals surface area contributed by atoms with Crippen molar-refractivity contribution in [3.63, 3.8) is 0 Å². The zero-order chi connectivity index (χ0) is 16.4. The minimum atomic E-state index is -0.270. The molecule has 1 heterocycles. The zero-order valence-electron chi connectivity index (χ0n) is 13.6. The Morgan fingerprint density at radius 2 is 1.83 bits per heavy atom. The van der Waals surface area contributed by atoms with Gasteiger partial charge in [0.1, 0.15) is 18.1 Å². The molecule has 1 aliphatic heterocycles. The van der Waals surface area contributed by atoms with Crippen LogP contribution in [0.3, 0.4) is 0 Å². The molecule has 1 atom stereocenters. The molecule has 122 valence electrons. The molecule has 0 saturated carbocycles. The molecule has 0 aromatic heterocycles. The highest BCUT2D eigenvalue weighted by Gasteiger charge is 2.33. The Morgan fingerprint density at radius 3 is 2.43 bits per heavy atom. The van der Waals surface area contributed by atoms with Gasteiger partial charge >= 0.3 is 6.09 Å². The van der Waals surface area contributed by atoms with Crippen molar-refractivity contribution in [1.82, 2.24) is 4.90 Å². The third-order valence-corrected chi connectivity index (χ3v) is 4.01. The van der Waals surface area contributed by atoms with E-state index in [1.54, 1.807) is 12.0 Å². The Morgan fingerprint density at radius 1 is 1.17 bits per heavy atom. The number of fused-ring (bicyclic) bond motifs is 1. The highest BCUT2D eigenvalue weighted by molar-refractivity contribution is 5.93. The normalized spacial score (nSPS) is 17.7. The van der Waals surface area contributed by atoms with Crippen LogP contribution >= 0.6 is 0 Å². The van der Waals surface area contributed by atoms with Gasteiger partial charge in [0.05, 0.1) is 13.7 Å². The molecule has 1 amide bonds. The van der Waals surface area contributed by atoms with Gasteiger partial charge in [-0.1, -0.05) is 24.3 Å². The molecule has 5 nitrogen and oxygen atoms in total. The maximum absolute atomic E-state index is 11.8. The van der Waals surface area contributed by atoms with Crippen LogP contribution in [0.1, 0.15) is 13.8 Å². The molecule has 0 spiro atoms. The largest absolute Gasteiger partial charge is 0.496 e. The third kappa shape index (κ3) is 3.04. The Balaban J connectivity index is 1.75. The maximum atomic E-state index is 11.8. The van der Waals surface area contributed by atoms with Crippen LogP contribution in [-0.4, -0.2) is 43.4 Å². The predicted octanol–water partition coefficient (Wildman–Crippen LogP) is 3.46. The first-order valence-electron chi connectivity index (χ1n) is 7.76. The summed E-state index contributed by atoms with van der Waals surface area (Å²) in [7, 11) is 1.65. The molecule has 1 fully saturated rings. The van der Waals surface area contributed by atoms with E-state index in [0.717, 1.165) is 22.3 Å². The fourth-order valence-corrected chi connectivity index (χ4v) is 2.78. The fraction of sp³-hybridized carbons (Fsp3) is 0.389. The van der Waals surface area contributed by atoms with Crippen LogP contribution in [0.25, 0.3) is 10.8 Å². The molecule has 1 saturated heterocycles. The van der Waals surface area contributed by atoms with Gasteiger partial charge in [-0.25, -0.2) is 4.79 Å². The van der Waals surface area contributed by atoms with Gasteiger partial charge in [0, 0.05) is 16.8 Å². The second kappa shape index (κ2) is 6.36. The highest BCUT2D eigenvalue weighted by atomic mass is 16.6. The number of methoxy groups -OCH3 is 1. The van der Waals surface area contributed by atoms with Crippen LogP contribution in [0.4, 0.5) is 4.79 Å². The van der Waals surface area contributed by atoms with Crippen LogP contribution in [0, 0.1) is 0 Å². The second-order valence-electron chi connectivity index (χ2n) is 5.87. The zero-order valence-corrected chi connectivity index (χ0v) is 13.6.